The van der Waals surface area contributed by atoms with Gasteiger partial charge in [-0.05, 0) is 13.8 Å². The molecule has 1 aliphatic heterocycles. The molecule has 4 heteroatoms. The van der Waals surface area contributed by atoms with Crippen LogP contribution >= 0.6 is 0 Å². The molecule has 1 N–H and O–H groups in total. The van der Waals surface area contributed by atoms with Crippen LogP contribution in [0.1, 0.15) is 13.8 Å². The van der Waals surface area contributed by atoms with Gasteiger partial charge in [0.05, 0.1) is 0 Å². The molecular weight excluding hydrogens is 154 g/mol. The van der Waals surface area contributed by atoms with E-state index in [-0.39, 0.29) is 6.17 Å². The summed E-state index contributed by atoms with van der Waals surface area (Å²) in [6, 6.07) is 0. The van der Waals surface area contributed by atoms with E-state index in [4.69, 9.17) is 0 Å². The Labute approximate surface area is 72.8 Å². The Balaban J connectivity index is 2.87. The van der Waals surface area contributed by atoms with E-state index < -0.39 is 0 Å². The Morgan fingerprint density at radius 2 is 2.17 bits per heavy atom. The summed E-state index contributed by atoms with van der Waals surface area (Å²) >= 11 is 0. The van der Waals surface area contributed by atoms with Crippen molar-refractivity contribution < 1.29 is 5.21 Å². The van der Waals surface area contributed by atoms with Crippen molar-refractivity contribution >= 4 is 5.84 Å². The van der Waals surface area contributed by atoms with E-state index in [2.05, 4.69) is 4.99 Å². The lowest BCUT2D eigenvalue weighted by Crippen LogP contribution is -2.35. The third-order valence-electron chi connectivity index (χ3n) is 1.83. The second-order valence-corrected chi connectivity index (χ2v) is 3.14. The molecule has 1 unspecified atom stereocenters. The summed E-state index contributed by atoms with van der Waals surface area (Å²) in [5, 5.41) is 10.5. The van der Waals surface area contributed by atoms with E-state index in [9.17, 15) is 5.21 Å². The van der Waals surface area contributed by atoms with Crippen LogP contribution in [0.15, 0.2) is 16.8 Å². The molecule has 0 bridgehead atoms. The third-order valence-corrected chi connectivity index (χ3v) is 1.83. The summed E-state index contributed by atoms with van der Waals surface area (Å²) in [5.74, 6) is 0.894. The zero-order valence-electron chi connectivity index (χ0n) is 7.94. The standard InChI is InChI=1S/C8H15N3O/c1-6-5-8(10(3)4)9-7(2)11(6)12/h5,7,12H,1-4H3. The average Bonchev–Trinajstić information content (AvgIpc) is 1.99. The SMILES string of the molecule is CC1=CC(N(C)C)=NC(C)N1O. The van der Waals surface area contributed by atoms with Gasteiger partial charge in [0.1, 0.15) is 12.0 Å². The van der Waals surface area contributed by atoms with E-state index in [1.54, 1.807) is 0 Å². The number of rotatable bonds is 0. The molecule has 1 heterocycles. The van der Waals surface area contributed by atoms with Crippen molar-refractivity contribution in [2.24, 2.45) is 4.99 Å². The average molecular weight is 169 g/mol. The van der Waals surface area contributed by atoms with Crippen LogP contribution in [-0.4, -0.2) is 41.3 Å². The van der Waals surface area contributed by atoms with Gasteiger partial charge in [-0.3, -0.25) is 5.21 Å². The van der Waals surface area contributed by atoms with Crippen LogP contribution in [0.5, 0.6) is 0 Å². The largest absolute Gasteiger partial charge is 0.363 e. The van der Waals surface area contributed by atoms with Crippen LogP contribution in [0.25, 0.3) is 0 Å². The molecule has 0 fully saturated rings. The van der Waals surface area contributed by atoms with Crippen LogP contribution in [-0.2, 0) is 0 Å². The summed E-state index contributed by atoms with van der Waals surface area (Å²) < 4.78 is 0. The summed E-state index contributed by atoms with van der Waals surface area (Å²) in [6.07, 6.45) is 1.66. The van der Waals surface area contributed by atoms with E-state index in [1.807, 2.05) is 38.9 Å². The Kier molecular flexibility index (Phi) is 2.38. The van der Waals surface area contributed by atoms with Crippen molar-refractivity contribution in [1.82, 2.24) is 9.96 Å². The minimum absolute atomic E-state index is 0.188. The lowest BCUT2D eigenvalue weighted by molar-refractivity contribution is -0.0861. The maximum Gasteiger partial charge on any atom is 0.145 e. The van der Waals surface area contributed by atoms with Gasteiger partial charge in [-0.15, -0.1) is 0 Å². The van der Waals surface area contributed by atoms with Crippen LogP contribution in [0.4, 0.5) is 0 Å². The van der Waals surface area contributed by atoms with Crippen molar-refractivity contribution in [3.8, 4) is 0 Å². The number of aliphatic imine (C=N–C) groups is 1. The van der Waals surface area contributed by atoms with Gasteiger partial charge in [-0.1, -0.05) is 0 Å². The molecule has 0 spiro atoms. The van der Waals surface area contributed by atoms with Gasteiger partial charge in [-0.2, -0.15) is 0 Å². The third kappa shape index (κ3) is 1.58. The fourth-order valence-corrected chi connectivity index (χ4v) is 1.08. The van der Waals surface area contributed by atoms with Crippen LogP contribution in [0.2, 0.25) is 0 Å². The first-order valence-corrected chi connectivity index (χ1v) is 3.94. The molecule has 0 aromatic rings. The number of hydrogen-bond donors (Lipinski definition) is 1. The van der Waals surface area contributed by atoms with Crippen molar-refractivity contribution in [1.29, 1.82) is 0 Å². The second kappa shape index (κ2) is 3.15. The van der Waals surface area contributed by atoms with Gasteiger partial charge in [0.25, 0.3) is 0 Å². The van der Waals surface area contributed by atoms with E-state index in [0.717, 1.165) is 16.6 Å². The zero-order valence-corrected chi connectivity index (χ0v) is 7.94. The number of hydroxylamine groups is 2. The molecule has 0 aromatic heterocycles. The predicted octanol–water partition coefficient (Wildman–Crippen LogP) is 0.901. The van der Waals surface area contributed by atoms with Crippen LogP contribution in [0, 0.1) is 0 Å². The van der Waals surface area contributed by atoms with Crippen molar-refractivity contribution in [3.63, 3.8) is 0 Å². The van der Waals surface area contributed by atoms with Crippen molar-refractivity contribution in [2.75, 3.05) is 14.1 Å². The van der Waals surface area contributed by atoms with Gasteiger partial charge in [0, 0.05) is 25.9 Å². The molecule has 0 radical (unpaired) electrons. The Morgan fingerprint density at radius 1 is 1.58 bits per heavy atom. The van der Waals surface area contributed by atoms with Gasteiger partial charge >= 0.3 is 0 Å². The maximum atomic E-state index is 9.39. The van der Waals surface area contributed by atoms with Crippen molar-refractivity contribution in [2.45, 2.75) is 20.0 Å². The molecule has 0 saturated carbocycles. The van der Waals surface area contributed by atoms with Gasteiger partial charge < -0.3 is 4.90 Å². The number of hydrogen-bond acceptors (Lipinski definition) is 4. The molecule has 1 atom stereocenters. The highest BCUT2D eigenvalue weighted by Gasteiger charge is 2.17. The molecule has 0 aliphatic carbocycles. The predicted molar refractivity (Wildman–Crippen MR) is 48.0 cm³/mol. The number of allylic oxidation sites excluding steroid dienone is 1. The summed E-state index contributed by atoms with van der Waals surface area (Å²) in [7, 11) is 3.87. The van der Waals surface area contributed by atoms with Gasteiger partial charge in [0.15, 0.2) is 0 Å². The fourth-order valence-electron chi connectivity index (χ4n) is 1.08. The minimum Gasteiger partial charge on any atom is -0.363 e. The second-order valence-electron chi connectivity index (χ2n) is 3.14. The van der Waals surface area contributed by atoms with Crippen LogP contribution in [0.3, 0.4) is 0 Å². The highest BCUT2D eigenvalue weighted by Crippen LogP contribution is 2.13. The maximum absolute atomic E-state index is 9.39. The van der Waals surface area contributed by atoms with Gasteiger partial charge in [-0.25, -0.2) is 10.1 Å². The molecule has 0 saturated heterocycles. The lowest BCUT2D eigenvalue weighted by atomic mass is 10.3. The van der Waals surface area contributed by atoms with Crippen molar-refractivity contribution in [3.05, 3.63) is 11.8 Å². The monoisotopic (exact) mass is 169 g/mol. The topological polar surface area (TPSA) is 39.1 Å². The number of nitrogens with zero attached hydrogens (tertiary/aromatic N) is 3. The molecule has 12 heavy (non-hydrogen) atoms. The molecule has 68 valence electrons. The molecular formula is C8H15N3O. The lowest BCUT2D eigenvalue weighted by Gasteiger charge is -2.28. The quantitative estimate of drug-likeness (QED) is 0.585. The number of amidine groups is 1. The minimum atomic E-state index is -0.188. The highest BCUT2D eigenvalue weighted by molar-refractivity contribution is 5.93. The van der Waals surface area contributed by atoms with E-state index >= 15 is 0 Å². The molecule has 0 amide bonds. The van der Waals surface area contributed by atoms with E-state index in [0.29, 0.717) is 0 Å². The smallest absolute Gasteiger partial charge is 0.145 e. The first-order valence-electron chi connectivity index (χ1n) is 3.94. The summed E-state index contributed by atoms with van der Waals surface area (Å²) in [5.41, 5.74) is 0.821. The van der Waals surface area contributed by atoms with E-state index in [1.165, 1.54) is 0 Å². The zero-order chi connectivity index (χ0) is 9.30. The first kappa shape index (κ1) is 9.06. The summed E-state index contributed by atoms with van der Waals surface area (Å²) in [4.78, 5) is 6.18. The summed E-state index contributed by atoms with van der Waals surface area (Å²) in [6.45, 7) is 3.70. The first-order chi connectivity index (χ1) is 5.52. The molecule has 4 nitrogen and oxygen atoms in total. The Morgan fingerprint density at radius 3 is 2.58 bits per heavy atom. The normalized spacial score (nSPS) is 23.4. The Hall–Kier alpha value is -1.03. The molecule has 1 rings (SSSR count). The van der Waals surface area contributed by atoms with Gasteiger partial charge in [0.2, 0.25) is 0 Å². The number of likely N-dealkylation sites (N-methyl/N-ethyl adjacent to an activating group) is 1. The molecule has 0 aromatic carbocycles. The molecule has 1 aliphatic rings. The fraction of sp³-hybridized carbons (Fsp3) is 0.625. The van der Waals surface area contributed by atoms with Crippen LogP contribution < -0.4 is 0 Å². The highest BCUT2D eigenvalue weighted by atomic mass is 16.5. The Bertz CT molecular complexity index is 232.